The Morgan fingerprint density at radius 1 is 1.33 bits per heavy atom. The van der Waals surface area contributed by atoms with Crippen LogP contribution < -0.4 is 5.73 Å². The quantitative estimate of drug-likeness (QED) is 0.831. The molecule has 3 nitrogen and oxygen atoms in total. The summed E-state index contributed by atoms with van der Waals surface area (Å²) in [7, 11) is 0. The molecule has 1 fully saturated rings. The number of hydrogen-bond acceptors (Lipinski definition) is 4. The predicted molar refractivity (Wildman–Crippen MR) is 63.6 cm³/mol. The van der Waals surface area contributed by atoms with E-state index in [4.69, 9.17) is 10.5 Å². The van der Waals surface area contributed by atoms with Gasteiger partial charge in [-0.25, -0.2) is 4.98 Å². The van der Waals surface area contributed by atoms with E-state index in [-0.39, 0.29) is 17.9 Å². The highest BCUT2D eigenvalue weighted by atomic mass is 35.5. The molecule has 1 aliphatic heterocycles. The molecule has 15 heavy (non-hydrogen) atoms. The van der Waals surface area contributed by atoms with Crippen LogP contribution in [0.2, 0.25) is 0 Å². The lowest BCUT2D eigenvalue weighted by atomic mass is 10.0. The number of para-hydroxylation sites is 1. The maximum Gasteiger partial charge on any atom is 0.119 e. The molecule has 0 atom stereocenters. The summed E-state index contributed by atoms with van der Waals surface area (Å²) in [4.78, 5) is 4.52. The highest BCUT2D eigenvalue weighted by Crippen LogP contribution is 2.32. The number of halogens is 1. The molecule has 80 valence electrons. The van der Waals surface area contributed by atoms with Crippen molar-refractivity contribution in [3.8, 4) is 0 Å². The van der Waals surface area contributed by atoms with Gasteiger partial charge in [-0.1, -0.05) is 12.1 Å². The highest BCUT2D eigenvalue weighted by Gasteiger charge is 2.39. The third-order valence-electron chi connectivity index (χ3n) is 2.44. The minimum absolute atomic E-state index is 0. The number of nitrogens with two attached hydrogens (primary N) is 1. The van der Waals surface area contributed by atoms with Crippen molar-refractivity contribution in [3.05, 3.63) is 29.3 Å². The third-order valence-corrected chi connectivity index (χ3v) is 3.70. The van der Waals surface area contributed by atoms with Crippen LogP contribution in [-0.2, 0) is 10.3 Å². The zero-order chi connectivity index (χ0) is 9.60. The van der Waals surface area contributed by atoms with E-state index in [9.17, 15) is 0 Å². The van der Waals surface area contributed by atoms with Crippen LogP contribution in [0.5, 0.6) is 0 Å². The molecule has 2 aromatic rings. The minimum atomic E-state index is -0.330. The number of ether oxygens (including phenoxy) is 1. The maximum atomic E-state index is 6.11. The molecule has 5 heteroatoms. The second-order valence-electron chi connectivity index (χ2n) is 3.64. The first-order valence-electron chi connectivity index (χ1n) is 4.51. The van der Waals surface area contributed by atoms with Gasteiger partial charge in [0.15, 0.2) is 0 Å². The second-order valence-corrected chi connectivity index (χ2v) is 4.67. The van der Waals surface area contributed by atoms with Gasteiger partial charge in [0.1, 0.15) is 10.5 Å². The van der Waals surface area contributed by atoms with Crippen LogP contribution in [0.1, 0.15) is 5.01 Å². The number of thiazole rings is 1. The van der Waals surface area contributed by atoms with Crippen LogP contribution in [0.25, 0.3) is 10.2 Å². The van der Waals surface area contributed by atoms with Gasteiger partial charge < -0.3 is 10.5 Å². The normalized spacial score (nSPS) is 18.2. The van der Waals surface area contributed by atoms with Gasteiger partial charge in [0.05, 0.1) is 23.4 Å². The van der Waals surface area contributed by atoms with Crippen molar-refractivity contribution >= 4 is 34.0 Å². The molecule has 2 N–H and O–H groups in total. The van der Waals surface area contributed by atoms with Gasteiger partial charge in [0.25, 0.3) is 0 Å². The highest BCUT2D eigenvalue weighted by molar-refractivity contribution is 7.18. The molecular formula is C10H11ClN2OS. The van der Waals surface area contributed by atoms with Gasteiger partial charge in [-0.15, -0.1) is 23.7 Å². The lowest BCUT2D eigenvalue weighted by Crippen LogP contribution is -2.54. The largest absolute Gasteiger partial charge is 0.377 e. The fourth-order valence-corrected chi connectivity index (χ4v) is 2.57. The Labute approximate surface area is 97.7 Å². The van der Waals surface area contributed by atoms with Crippen molar-refractivity contribution in [3.63, 3.8) is 0 Å². The third kappa shape index (κ3) is 1.63. The summed E-state index contributed by atoms with van der Waals surface area (Å²) in [6.07, 6.45) is 0. The number of benzene rings is 1. The Morgan fingerprint density at radius 2 is 2.07 bits per heavy atom. The van der Waals surface area contributed by atoms with E-state index >= 15 is 0 Å². The Hall–Kier alpha value is -0.680. The van der Waals surface area contributed by atoms with Crippen LogP contribution in [0.4, 0.5) is 0 Å². The van der Waals surface area contributed by atoms with Crippen LogP contribution in [0.15, 0.2) is 24.3 Å². The average molecular weight is 243 g/mol. The summed E-state index contributed by atoms with van der Waals surface area (Å²) in [6, 6.07) is 8.09. The van der Waals surface area contributed by atoms with Crippen LogP contribution in [-0.4, -0.2) is 18.2 Å². The Balaban J connectivity index is 0.000000853. The molecule has 0 bridgehead atoms. The van der Waals surface area contributed by atoms with Crippen molar-refractivity contribution in [1.29, 1.82) is 0 Å². The maximum absolute atomic E-state index is 6.11. The topological polar surface area (TPSA) is 48.1 Å². The van der Waals surface area contributed by atoms with Gasteiger partial charge >= 0.3 is 0 Å². The van der Waals surface area contributed by atoms with E-state index in [1.54, 1.807) is 11.3 Å². The van der Waals surface area contributed by atoms with E-state index in [1.807, 2.05) is 18.2 Å². The van der Waals surface area contributed by atoms with E-state index < -0.39 is 0 Å². The first-order chi connectivity index (χ1) is 6.78. The zero-order valence-corrected chi connectivity index (χ0v) is 9.61. The van der Waals surface area contributed by atoms with Crippen molar-refractivity contribution in [2.75, 3.05) is 13.2 Å². The molecule has 3 rings (SSSR count). The van der Waals surface area contributed by atoms with Gasteiger partial charge in [0.2, 0.25) is 0 Å². The summed E-state index contributed by atoms with van der Waals surface area (Å²) >= 11 is 1.66. The van der Waals surface area contributed by atoms with Gasteiger partial charge in [-0.2, -0.15) is 0 Å². The average Bonchev–Trinajstić information content (AvgIpc) is 2.57. The van der Waals surface area contributed by atoms with Gasteiger partial charge in [-0.3, -0.25) is 0 Å². The van der Waals surface area contributed by atoms with Gasteiger partial charge in [0, 0.05) is 0 Å². The fourth-order valence-electron chi connectivity index (χ4n) is 1.53. The Bertz CT molecular complexity index is 448. The molecule has 0 saturated carbocycles. The summed E-state index contributed by atoms with van der Waals surface area (Å²) in [6.45, 7) is 1.18. The Kier molecular flexibility index (Phi) is 2.68. The van der Waals surface area contributed by atoms with Crippen molar-refractivity contribution < 1.29 is 4.74 Å². The lowest BCUT2D eigenvalue weighted by Gasteiger charge is -2.35. The van der Waals surface area contributed by atoms with Crippen LogP contribution in [0, 0.1) is 0 Å². The number of aromatic nitrogens is 1. The molecule has 0 radical (unpaired) electrons. The molecule has 1 saturated heterocycles. The monoisotopic (exact) mass is 242 g/mol. The number of nitrogens with zero attached hydrogens (tertiary/aromatic N) is 1. The van der Waals surface area contributed by atoms with Crippen LogP contribution in [0.3, 0.4) is 0 Å². The number of rotatable bonds is 1. The fraction of sp³-hybridized carbons (Fsp3) is 0.300. The van der Waals surface area contributed by atoms with Crippen molar-refractivity contribution in [2.24, 2.45) is 5.73 Å². The molecule has 0 spiro atoms. The SMILES string of the molecule is Cl.NC1(c2nc3ccccc3s2)COC1. The second kappa shape index (κ2) is 3.72. The lowest BCUT2D eigenvalue weighted by molar-refractivity contribution is -0.0568. The summed E-state index contributed by atoms with van der Waals surface area (Å²) < 4.78 is 6.32. The number of fused-ring (bicyclic) bond motifs is 1. The number of hydrogen-bond donors (Lipinski definition) is 1. The summed E-state index contributed by atoms with van der Waals surface area (Å²) in [5, 5.41) is 0.991. The molecule has 1 aromatic heterocycles. The smallest absolute Gasteiger partial charge is 0.119 e. The standard InChI is InChI=1S/C10H10N2OS.ClH/c11-10(5-13-6-10)9-12-7-3-1-2-4-8(7)14-9;/h1-4H,5-6,11H2;1H. The van der Waals surface area contributed by atoms with E-state index in [1.165, 1.54) is 4.70 Å². The van der Waals surface area contributed by atoms with E-state index in [0.29, 0.717) is 13.2 Å². The van der Waals surface area contributed by atoms with Crippen LogP contribution >= 0.6 is 23.7 Å². The Morgan fingerprint density at radius 3 is 2.67 bits per heavy atom. The summed E-state index contributed by atoms with van der Waals surface area (Å²) in [5.41, 5.74) is 6.81. The molecule has 1 aliphatic rings. The molecule has 0 aliphatic carbocycles. The molecule has 0 amide bonds. The summed E-state index contributed by atoms with van der Waals surface area (Å²) in [5.74, 6) is 0. The molecule has 2 heterocycles. The molecule has 1 aromatic carbocycles. The van der Waals surface area contributed by atoms with Gasteiger partial charge in [-0.05, 0) is 12.1 Å². The molecule has 0 unspecified atom stereocenters. The van der Waals surface area contributed by atoms with Crippen molar-refractivity contribution in [2.45, 2.75) is 5.54 Å². The predicted octanol–water partition coefficient (Wildman–Crippen LogP) is 1.90. The van der Waals surface area contributed by atoms with E-state index in [0.717, 1.165) is 10.5 Å². The van der Waals surface area contributed by atoms with E-state index in [2.05, 4.69) is 11.1 Å². The molecular weight excluding hydrogens is 232 g/mol. The first kappa shape index (κ1) is 10.8. The van der Waals surface area contributed by atoms with Crippen molar-refractivity contribution in [1.82, 2.24) is 4.98 Å². The first-order valence-corrected chi connectivity index (χ1v) is 5.32. The zero-order valence-electron chi connectivity index (χ0n) is 7.97. The minimum Gasteiger partial charge on any atom is -0.377 e.